The van der Waals surface area contributed by atoms with Crippen LogP contribution in [0.5, 0.6) is 0 Å². The number of anilines is 1. The normalized spacial score (nSPS) is 10.3. The van der Waals surface area contributed by atoms with E-state index in [4.69, 9.17) is 5.11 Å². The molecule has 2 aromatic rings. The van der Waals surface area contributed by atoms with Crippen molar-refractivity contribution in [3.63, 3.8) is 0 Å². The van der Waals surface area contributed by atoms with Crippen LogP contribution in [0.25, 0.3) is 6.08 Å². The van der Waals surface area contributed by atoms with Crippen LogP contribution in [-0.4, -0.2) is 21.9 Å². The van der Waals surface area contributed by atoms with Crippen molar-refractivity contribution < 1.29 is 19.6 Å². The Morgan fingerprint density at radius 1 is 1.08 bits per heavy atom. The maximum Gasteiger partial charge on any atom is 0.328 e. The predicted molar refractivity (Wildman–Crippen MR) is 87.3 cm³/mol. The second kappa shape index (κ2) is 7.54. The molecule has 8 nitrogen and oxygen atoms in total. The van der Waals surface area contributed by atoms with Gasteiger partial charge in [-0.1, -0.05) is 30.3 Å². The number of carbonyl (C=O) groups excluding carboxylic acids is 1. The molecule has 0 aromatic heterocycles. The Balaban J connectivity index is 2.17. The van der Waals surface area contributed by atoms with E-state index in [1.54, 1.807) is 24.3 Å². The van der Waals surface area contributed by atoms with Gasteiger partial charge in [0, 0.05) is 17.7 Å². The number of carbonyl (C=O) groups is 2. The van der Waals surface area contributed by atoms with E-state index >= 15 is 0 Å². The Labute approximate surface area is 136 Å². The number of hydrogen-bond acceptors (Lipinski definition) is 5. The molecule has 2 rings (SSSR count). The summed E-state index contributed by atoms with van der Waals surface area (Å²) in [6.45, 7) is 0. The SMILES string of the molecule is O=C(O)/C=C/c1ccccc1C(=O)NNc1ccccc1[N+](=O)[O-]. The van der Waals surface area contributed by atoms with Crippen LogP contribution in [0.3, 0.4) is 0 Å². The van der Waals surface area contributed by atoms with Crippen molar-refractivity contribution >= 4 is 29.3 Å². The molecule has 0 aliphatic heterocycles. The van der Waals surface area contributed by atoms with Crippen LogP contribution in [0.1, 0.15) is 15.9 Å². The van der Waals surface area contributed by atoms with Crippen LogP contribution in [0.4, 0.5) is 11.4 Å². The van der Waals surface area contributed by atoms with Gasteiger partial charge in [-0.25, -0.2) is 4.79 Å². The van der Waals surface area contributed by atoms with E-state index in [2.05, 4.69) is 10.9 Å². The van der Waals surface area contributed by atoms with Gasteiger partial charge in [-0.2, -0.15) is 0 Å². The molecule has 0 spiro atoms. The molecule has 24 heavy (non-hydrogen) atoms. The van der Waals surface area contributed by atoms with Gasteiger partial charge in [-0.3, -0.25) is 25.8 Å². The first-order valence-electron chi connectivity index (χ1n) is 6.79. The first kappa shape index (κ1) is 16.7. The Hall–Kier alpha value is -3.68. The molecule has 122 valence electrons. The van der Waals surface area contributed by atoms with Crippen molar-refractivity contribution in [3.8, 4) is 0 Å². The van der Waals surface area contributed by atoms with Gasteiger partial charge in [0.1, 0.15) is 5.69 Å². The Morgan fingerprint density at radius 3 is 2.46 bits per heavy atom. The van der Waals surface area contributed by atoms with Gasteiger partial charge < -0.3 is 5.11 Å². The molecule has 0 unspecified atom stereocenters. The predicted octanol–water partition coefficient (Wildman–Crippen LogP) is 2.45. The number of hydrazine groups is 1. The molecule has 0 aliphatic carbocycles. The standard InChI is InChI=1S/C16H13N3O5/c20-15(21)10-9-11-5-1-2-6-12(11)16(22)18-17-13-7-3-4-8-14(13)19(23)24/h1-10,17H,(H,18,22)(H,20,21)/b10-9+. The summed E-state index contributed by atoms with van der Waals surface area (Å²) in [5.74, 6) is -1.69. The number of hydrogen-bond donors (Lipinski definition) is 3. The molecule has 0 saturated carbocycles. The number of amides is 1. The van der Waals surface area contributed by atoms with Crippen molar-refractivity contribution in [1.29, 1.82) is 0 Å². The number of nitro groups is 1. The fraction of sp³-hybridized carbons (Fsp3) is 0. The zero-order valence-corrected chi connectivity index (χ0v) is 12.3. The Bertz CT molecular complexity index is 817. The molecular formula is C16H13N3O5. The number of nitrogens with zero attached hydrogens (tertiary/aromatic N) is 1. The number of benzene rings is 2. The minimum atomic E-state index is -1.14. The molecule has 0 fully saturated rings. The monoisotopic (exact) mass is 327 g/mol. The topological polar surface area (TPSA) is 122 Å². The summed E-state index contributed by atoms with van der Waals surface area (Å²) in [4.78, 5) is 33.2. The van der Waals surface area contributed by atoms with Crippen molar-refractivity contribution in [2.75, 3.05) is 5.43 Å². The number of aliphatic carboxylic acids is 1. The number of carboxylic acid groups (broad SMARTS) is 1. The van der Waals surface area contributed by atoms with E-state index in [1.807, 2.05) is 0 Å². The highest BCUT2D eigenvalue weighted by molar-refractivity contribution is 5.99. The van der Waals surface area contributed by atoms with Crippen molar-refractivity contribution in [1.82, 2.24) is 5.43 Å². The van der Waals surface area contributed by atoms with Gasteiger partial charge in [-0.15, -0.1) is 0 Å². The molecule has 0 saturated heterocycles. The molecule has 0 heterocycles. The minimum Gasteiger partial charge on any atom is -0.478 e. The summed E-state index contributed by atoms with van der Waals surface area (Å²) >= 11 is 0. The lowest BCUT2D eigenvalue weighted by Gasteiger charge is -2.10. The second-order valence-corrected chi connectivity index (χ2v) is 4.61. The van der Waals surface area contributed by atoms with E-state index in [0.717, 1.165) is 6.08 Å². The average molecular weight is 327 g/mol. The number of para-hydroxylation sites is 2. The molecule has 0 radical (unpaired) electrons. The smallest absolute Gasteiger partial charge is 0.328 e. The molecule has 8 heteroatoms. The summed E-state index contributed by atoms with van der Waals surface area (Å²) in [5.41, 5.74) is 5.45. The molecule has 0 bridgehead atoms. The summed E-state index contributed by atoms with van der Waals surface area (Å²) in [7, 11) is 0. The van der Waals surface area contributed by atoms with Gasteiger partial charge in [-0.05, 0) is 23.8 Å². The summed E-state index contributed by atoms with van der Waals surface area (Å²) < 4.78 is 0. The van der Waals surface area contributed by atoms with Crippen LogP contribution in [-0.2, 0) is 4.79 Å². The maximum atomic E-state index is 12.2. The van der Waals surface area contributed by atoms with E-state index < -0.39 is 16.8 Å². The lowest BCUT2D eigenvalue weighted by atomic mass is 10.1. The lowest BCUT2D eigenvalue weighted by molar-refractivity contribution is -0.384. The maximum absolute atomic E-state index is 12.2. The number of nitrogens with one attached hydrogen (secondary N) is 2. The quantitative estimate of drug-likeness (QED) is 0.425. The fourth-order valence-electron chi connectivity index (χ4n) is 1.94. The van der Waals surface area contributed by atoms with E-state index in [9.17, 15) is 19.7 Å². The largest absolute Gasteiger partial charge is 0.478 e. The Kier molecular flexibility index (Phi) is 5.24. The summed E-state index contributed by atoms with van der Waals surface area (Å²) in [6.07, 6.45) is 2.21. The van der Waals surface area contributed by atoms with E-state index in [0.29, 0.717) is 5.56 Å². The average Bonchev–Trinajstić information content (AvgIpc) is 2.58. The molecule has 2 aromatic carbocycles. The van der Waals surface area contributed by atoms with Crippen LogP contribution >= 0.6 is 0 Å². The second-order valence-electron chi connectivity index (χ2n) is 4.61. The van der Waals surface area contributed by atoms with Crippen molar-refractivity contribution in [2.24, 2.45) is 0 Å². The number of nitro benzene ring substituents is 1. The molecule has 0 atom stereocenters. The highest BCUT2D eigenvalue weighted by Crippen LogP contribution is 2.22. The van der Waals surface area contributed by atoms with Crippen LogP contribution in [0.15, 0.2) is 54.6 Å². The molecule has 0 aliphatic rings. The summed E-state index contributed by atoms with van der Waals surface area (Å²) in [5, 5.41) is 19.6. The van der Waals surface area contributed by atoms with Gasteiger partial charge in [0.05, 0.1) is 4.92 Å². The third-order valence-corrected chi connectivity index (χ3v) is 3.02. The van der Waals surface area contributed by atoms with Gasteiger partial charge in [0.25, 0.3) is 11.6 Å². The van der Waals surface area contributed by atoms with E-state index in [1.165, 1.54) is 30.3 Å². The van der Waals surface area contributed by atoms with Crippen LogP contribution < -0.4 is 10.9 Å². The molecular weight excluding hydrogens is 314 g/mol. The lowest BCUT2D eigenvalue weighted by Crippen LogP contribution is -2.30. The van der Waals surface area contributed by atoms with Gasteiger partial charge in [0.15, 0.2) is 0 Å². The minimum absolute atomic E-state index is 0.134. The van der Waals surface area contributed by atoms with Crippen LogP contribution in [0.2, 0.25) is 0 Å². The Morgan fingerprint density at radius 2 is 1.75 bits per heavy atom. The third-order valence-electron chi connectivity index (χ3n) is 3.02. The number of rotatable bonds is 6. The number of carboxylic acids is 1. The first-order valence-corrected chi connectivity index (χ1v) is 6.79. The zero-order chi connectivity index (χ0) is 17.5. The molecule has 1 amide bonds. The third kappa shape index (κ3) is 4.17. The first-order chi connectivity index (χ1) is 11.5. The zero-order valence-electron chi connectivity index (χ0n) is 12.3. The van der Waals surface area contributed by atoms with E-state index in [-0.39, 0.29) is 16.9 Å². The highest BCUT2D eigenvalue weighted by atomic mass is 16.6. The van der Waals surface area contributed by atoms with Gasteiger partial charge in [0.2, 0.25) is 0 Å². The highest BCUT2D eigenvalue weighted by Gasteiger charge is 2.14. The summed E-state index contributed by atoms with van der Waals surface area (Å²) in [6, 6.07) is 12.2. The molecule has 3 N–H and O–H groups in total. The van der Waals surface area contributed by atoms with Gasteiger partial charge >= 0.3 is 5.97 Å². The van der Waals surface area contributed by atoms with Crippen molar-refractivity contribution in [3.05, 3.63) is 75.8 Å². The van der Waals surface area contributed by atoms with Crippen LogP contribution in [0, 0.1) is 10.1 Å². The van der Waals surface area contributed by atoms with Crippen molar-refractivity contribution in [2.45, 2.75) is 0 Å². The fourth-order valence-corrected chi connectivity index (χ4v) is 1.94.